The predicted molar refractivity (Wildman–Crippen MR) is 65.8 cm³/mol. The molecule has 0 aliphatic heterocycles. The average Bonchev–Trinajstić information content (AvgIpc) is 2.55. The van der Waals surface area contributed by atoms with Crippen LogP contribution in [0.2, 0.25) is 0 Å². The van der Waals surface area contributed by atoms with Crippen molar-refractivity contribution in [2.24, 2.45) is 0 Å². The van der Waals surface area contributed by atoms with Crippen molar-refractivity contribution in [2.45, 2.75) is 0 Å². The van der Waals surface area contributed by atoms with E-state index in [1.807, 2.05) is 0 Å². The Kier molecular flexibility index (Phi) is 7.71. The second-order valence-electron chi connectivity index (χ2n) is 2.44. The maximum Gasteiger partial charge on any atom is 0.349 e. The van der Waals surface area contributed by atoms with Gasteiger partial charge in [-0.2, -0.15) is 0 Å². The minimum Gasteiger partial charge on any atom is -0.491 e. The first-order valence-electron chi connectivity index (χ1n) is 3.74. The Morgan fingerprint density at radius 1 is 0.941 bits per heavy atom. The van der Waals surface area contributed by atoms with Crippen LogP contribution in [0.25, 0.3) is 0 Å². The van der Waals surface area contributed by atoms with E-state index in [2.05, 4.69) is 0 Å². The summed E-state index contributed by atoms with van der Waals surface area (Å²) < 4.78 is 9.60. The van der Waals surface area contributed by atoms with Crippen LogP contribution in [0.1, 0.15) is 19.3 Å². The molecule has 6 nitrogen and oxygen atoms in total. The Balaban J connectivity index is 0. The SMILES string of the molecule is COc1c(C(=O)O)sc(C(=O)O)c1OC.Cl.Cl. The molecule has 0 amide bonds. The van der Waals surface area contributed by atoms with Crippen LogP contribution in [0.4, 0.5) is 0 Å². The monoisotopic (exact) mass is 304 g/mol. The first-order chi connectivity index (χ1) is 7.02. The summed E-state index contributed by atoms with van der Waals surface area (Å²) in [5, 5.41) is 17.6. The normalized spacial score (nSPS) is 8.59. The quantitative estimate of drug-likeness (QED) is 0.884. The lowest BCUT2D eigenvalue weighted by Gasteiger charge is -2.02. The number of carboxylic acid groups (broad SMARTS) is 2. The van der Waals surface area contributed by atoms with E-state index < -0.39 is 11.9 Å². The number of rotatable bonds is 4. The summed E-state index contributed by atoms with van der Waals surface area (Å²) in [7, 11) is 2.51. The number of thiophene rings is 1. The molecular weight excluding hydrogens is 295 g/mol. The van der Waals surface area contributed by atoms with E-state index in [9.17, 15) is 9.59 Å². The Morgan fingerprint density at radius 2 is 1.24 bits per heavy atom. The second-order valence-corrected chi connectivity index (χ2v) is 3.46. The zero-order valence-electron chi connectivity index (χ0n) is 8.75. The summed E-state index contributed by atoms with van der Waals surface area (Å²) in [5.41, 5.74) is 0. The molecule has 0 spiro atoms. The van der Waals surface area contributed by atoms with Gasteiger partial charge in [-0.15, -0.1) is 36.2 Å². The molecule has 2 N–H and O–H groups in total. The summed E-state index contributed by atoms with van der Waals surface area (Å²) in [4.78, 5) is 21.2. The molecule has 98 valence electrons. The van der Waals surface area contributed by atoms with Crippen molar-refractivity contribution in [2.75, 3.05) is 14.2 Å². The van der Waals surface area contributed by atoms with Crippen molar-refractivity contribution in [1.82, 2.24) is 0 Å². The fourth-order valence-electron chi connectivity index (χ4n) is 1.05. The Bertz CT molecular complexity index is 380. The van der Waals surface area contributed by atoms with Gasteiger partial charge >= 0.3 is 11.9 Å². The van der Waals surface area contributed by atoms with Gasteiger partial charge in [-0.05, 0) is 0 Å². The van der Waals surface area contributed by atoms with E-state index in [4.69, 9.17) is 19.7 Å². The van der Waals surface area contributed by atoms with E-state index in [-0.39, 0.29) is 46.1 Å². The average molecular weight is 305 g/mol. The highest BCUT2D eigenvalue weighted by molar-refractivity contribution is 7.16. The van der Waals surface area contributed by atoms with Gasteiger partial charge in [-0.25, -0.2) is 9.59 Å². The molecule has 1 aromatic heterocycles. The molecule has 0 saturated heterocycles. The maximum absolute atomic E-state index is 10.8. The third kappa shape index (κ3) is 3.39. The molecule has 1 heterocycles. The minimum absolute atomic E-state index is 0. The number of carboxylic acids is 2. The first kappa shape index (κ1) is 18.2. The van der Waals surface area contributed by atoms with Crippen LogP contribution in [0, 0.1) is 0 Å². The Hall–Kier alpha value is -1.18. The lowest BCUT2D eigenvalue weighted by Crippen LogP contribution is -1.98. The highest BCUT2D eigenvalue weighted by Gasteiger charge is 2.27. The summed E-state index contributed by atoms with van der Waals surface area (Å²) in [5.74, 6) is -2.62. The summed E-state index contributed by atoms with van der Waals surface area (Å²) in [6.07, 6.45) is 0. The summed E-state index contributed by atoms with van der Waals surface area (Å²) in [6.45, 7) is 0. The molecule has 0 radical (unpaired) electrons. The third-order valence-corrected chi connectivity index (χ3v) is 2.75. The predicted octanol–water partition coefficient (Wildman–Crippen LogP) is 2.01. The highest BCUT2D eigenvalue weighted by atomic mass is 35.5. The number of methoxy groups -OCH3 is 2. The smallest absolute Gasteiger partial charge is 0.349 e. The summed E-state index contributed by atoms with van der Waals surface area (Å²) >= 11 is 0.602. The lowest BCUT2D eigenvalue weighted by atomic mass is 10.3. The van der Waals surface area contributed by atoms with Gasteiger partial charge in [0.25, 0.3) is 0 Å². The van der Waals surface area contributed by atoms with E-state index in [1.165, 1.54) is 14.2 Å². The number of carbonyl (C=O) groups is 2. The minimum atomic E-state index is -1.25. The molecular formula is C8H10Cl2O6S. The third-order valence-electron chi connectivity index (χ3n) is 1.62. The highest BCUT2D eigenvalue weighted by Crippen LogP contribution is 2.41. The fourth-order valence-corrected chi connectivity index (χ4v) is 1.97. The number of ether oxygens (including phenoxy) is 2. The largest absolute Gasteiger partial charge is 0.491 e. The van der Waals surface area contributed by atoms with Crippen LogP contribution in [0.3, 0.4) is 0 Å². The molecule has 0 unspecified atom stereocenters. The molecule has 0 aromatic carbocycles. The molecule has 0 aliphatic carbocycles. The number of hydrogen-bond donors (Lipinski definition) is 2. The van der Waals surface area contributed by atoms with E-state index in [0.717, 1.165) is 0 Å². The molecule has 0 bridgehead atoms. The zero-order valence-corrected chi connectivity index (χ0v) is 11.2. The van der Waals surface area contributed by atoms with Gasteiger partial charge in [0.05, 0.1) is 14.2 Å². The van der Waals surface area contributed by atoms with Crippen molar-refractivity contribution < 1.29 is 29.3 Å². The van der Waals surface area contributed by atoms with Crippen LogP contribution in [0.5, 0.6) is 11.5 Å². The Labute approximate surface area is 113 Å². The van der Waals surface area contributed by atoms with E-state index in [1.54, 1.807) is 0 Å². The van der Waals surface area contributed by atoms with Gasteiger partial charge in [0.1, 0.15) is 0 Å². The van der Waals surface area contributed by atoms with Crippen LogP contribution < -0.4 is 9.47 Å². The zero-order chi connectivity index (χ0) is 11.6. The maximum atomic E-state index is 10.8. The number of aromatic carboxylic acids is 2. The topological polar surface area (TPSA) is 93.1 Å². The lowest BCUT2D eigenvalue weighted by molar-refractivity contribution is 0.0687. The van der Waals surface area contributed by atoms with E-state index in [0.29, 0.717) is 11.3 Å². The molecule has 9 heteroatoms. The Morgan fingerprint density at radius 3 is 1.41 bits per heavy atom. The van der Waals surface area contributed by atoms with Crippen LogP contribution >= 0.6 is 36.2 Å². The molecule has 1 rings (SSSR count). The van der Waals surface area contributed by atoms with Crippen molar-refractivity contribution in [1.29, 1.82) is 0 Å². The molecule has 0 saturated carbocycles. The van der Waals surface area contributed by atoms with Gasteiger partial charge in [0.15, 0.2) is 21.3 Å². The molecule has 17 heavy (non-hydrogen) atoms. The standard InChI is InChI=1S/C8H8O6S.2ClH/c1-13-3-4(14-2)6(8(11)12)15-5(3)7(9)10;;/h1-2H3,(H,9,10)(H,11,12);2*1H. The first-order valence-corrected chi connectivity index (χ1v) is 4.55. The molecule has 0 atom stereocenters. The van der Waals surface area contributed by atoms with Crippen molar-refractivity contribution in [3.63, 3.8) is 0 Å². The van der Waals surface area contributed by atoms with Crippen molar-refractivity contribution in [3.8, 4) is 11.5 Å². The number of halogens is 2. The fraction of sp³-hybridized carbons (Fsp3) is 0.250. The van der Waals surface area contributed by atoms with E-state index >= 15 is 0 Å². The molecule has 0 fully saturated rings. The molecule has 1 aromatic rings. The van der Waals surface area contributed by atoms with Gasteiger partial charge in [-0.3, -0.25) is 0 Å². The van der Waals surface area contributed by atoms with Gasteiger partial charge < -0.3 is 19.7 Å². The second kappa shape index (κ2) is 7.21. The number of hydrogen-bond acceptors (Lipinski definition) is 5. The van der Waals surface area contributed by atoms with Gasteiger partial charge in [0.2, 0.25) is 0 Å². The van der Waals surface area contributed by atoms with Gasteiger partial charge in [-0.1, -0.05) is 0 Å². The molecule has 0 aliphatic rings. The van der Waals surface area contributed by atoms with Crippen LogP contribution in [-0.4, -0.2) is 36.4 Å². The summed E-state index contributed by atoms with van der Waals surface area (Å²) in [6, 6.07) is 0. The van der Waals surface area contributed by atoms with Gasteiger partial charge in [0, 0.05) is 0 Å². The van der Waals surface area contributed by atoms with Crippen LogP contribution in [0.15, 0.2) is 0 Å². The van der Waals surface area contributed by atoms with Crippen molar-refractivity contribution in [3.05, 3.63) is 9.75 Å². The van der Waals surface area contributed by atoms with Crippen LogP contribution in [-0.2, 0) is 0 Å². The van der Waals surface area contributed by atoms with Crippen molar-refractivity contribution >= 4 is 48.1 Å².